The van der Waals surface area contributed by atoms with Gasteiger partial charge < -0.3 is 10.6 Å². The molecule has 0 bridgehead atoms. The first-order valence-corrected chi connectivity index (χ1v) is 7.08. The third-order valence-electron chi connectivity index (χ3n) is 2.93. The number of rotatable bonds is 6. The Kier molecular flexibility index (Phi) is 5.89. The number of carbonyl (C=O) groups is 1. The molecule has 2 N–H and O–H groups in total. The van der Waals surface area contributed by atoms with E-state index in [-0.39, 0.29) is 5.91 Å². The van der Waals surface area contributed by atoms with Crippen LogP contribution in [-0.2, 0) is 11.0 Å². The van der Waals surface area contributed by atoms with Crippen molar-refractivity contribution in [2.45, 2.75) is 6.18 Å². The van der Waals surface area contributed by atoms with E-state index in [1.165, 1.54) is 12.1 Å². The van der Waals surface area contributed by atoms with Crippen LogP contribution in [-0.4, -0.2) is 29.0 Å². The lowest BCUT2D eigenvalue weighted by Crippen LogP contribution is -2.27. The van der Waals surface area contributed by atoms with Crippen molar-refractivity contribution >= 4 is 17.8 Å². The van der Waals surface area contributed by atoms with Crippen LogP contribution in [0.2, 0.25) is 0 Å². The molecule has 0 aromatic carbocycles. The maximum absolute atomic E-state index is 12.4. The molecule has 24 heavy (non-hydrogen) atoms. The fourth-order valence-electron chi connectivity index (χ4n) is 1.75. The summed E-state index contributed by atoms with van der Waals surface area (Å²) in [5, 5.41) is 5.47. The number of nitrogens with one attached hydrogen (secondary N) is 2. The summed E-state index contributed by atoms with van der Waals surface area (Å²) < 4.78 is 37.2. The molecule has 1 amide bonds. The molecule has 2 aromatic heterocycles. The number of aromatic nitrogens is 2. The number of carbonyl (C=O) groups excluding carboxylic acids is 1. The van der Waals surface area contributed by atoms with Crippen LogP contribution in [0.4, 0.5) is 19.0 Å². The number of pyridine rings is 2. The SMILES string of the molecule is O=C(/C=C/c1cccnc1)NCCNc1ccc(C(F)(F)F)cn1. The van der Waals surface area contributed by atoms with Gasteiger partial charge in [-0.05, 0) is 29.8 Å². The third kappa shape index (κ3) is 5.71. The van der Waals surface area contributed by atoms with Crippen LogP contribution >= 0.6 is 0 Å². The summed E-state index contributed by atoms with van der Waals surface area (Å²) >= 11 is 0. The summed E-state index contributed by atoms with van der Waals surface area (Å²) in [6, 6.07) is 5.77. The average molecular weight is 336 g/mol. The predicted molar refractivity (Wildman–Crippen MR) is 84.0 cm³/mol. The van der Waals surface area contributed by atoms with Crippen LogP contribution in [0.15, 0.2) is 48.9 Å². The monoisotopic (exact) mass is 336 g/mol. The summed E-state index contributed by atoms with van der Waals surface area (Å²) in [5.74, 6) is 0.0317. The lowest BCUT2D eigenvalue weighted by atomic mass is 10.2. The van der Waals surface area contributed by atoms with E-state index in [1.807, 2.05) is 6.07 Å². The van der Waals surface area contributed by atoms with Crippen molar-refractivity contribution in [3.05, 3.63) is 60.1 Å². The summed E-state index contributed by atoms with van der Waals surface area (Å²) in [7, 11) is 0. The van der Waals surface area contributed by atoms with Crippen LogP contribution < -0.4 is 10.6 Å². The Morgan fingerprint density at radius 2 is 2.00 bits per heavy atom. The van der Waals surface area contributed by atoms with Gasteiger partial charge in [0.1, 0.15) is 5.82 Å². The van der Waals surface area contributed by atoms with Gasteiger partial charge in [-0.3, -0.25) is 9.78 Å². The average Bonchev–Trinajstić information content (AvgIpc) is 2.57. The Morgan fingerprint density at radius 3 is 2.62 bits per heavy atom. The Labute approximate surface area is 136 Å². The molecule has 0 aliphatic rings. The Hall–Kier alpha value is -2.90. The van der Waals surface area contributed by atoms with Gasteiger partial charge in [0.25, 0.3) is 0 Å². The molecular formula is C16H15F3N4O. The normalized spacial score (nSPS) is 11.5. The molecule has 8 heteroatoms. The lowest BCUT2D eigenvalue weighted by Gasteiger charge is -2.08. The van der Waals surface area contributed by atoms with Gasteiger partial charge in [0.05, 0.1) is 5.56 Å². The quantitative estimate of drug-likeness (QED) is 0.629. The molecule has 2 aromatic rings. The van der Waals surface area contributed by atoms with Gasteiger partial charge in [-0.2, -0.15) is 13.2 Å². The van der Waals surface area contributed by atoms with Gasteiger partial charge in [-0.1, -0.05) is 6.07 Å². The highest BCUT2D eigenvalue weighted by atomic mass is 19.4. The molecule has 2 rings (SSSR count). The Bertz CT molecular complexity index is 685. The number of halogens is 3. The largest absolute Gasteiger partial charge is 0.417 e. The van der Waals surface area contributed by atoms with Gasteiger partial charge in [0.2, 0.25) is 5.91 Å². The number of amides is 1. The molecule has 0 saturated heterocycles. The maximum Gasteiger partial charge on any atom is 0.417 e. The second-order valence-electron chi connectivity index (χ2n) is 4.77. The van der Waals surface area contributed by atoms with E-state index >= 15 is 0 Å². The van der Waals surface area contributed by atoms with Gasteiger partial charge in [-0.25, -0.2) is 4.98 Å². The standard InChI is InChI=1S/C16H15F3N4O/c17-16(18,19)13-4-5-14(23-11-13)21-8-9-22-15(24)6-3-12-2-1-7-20-10-12/h1-7,10-11H,8-9H2,(H,21,23)(H,22,24)/b6-3+. The van der Waals surface area contributed by atoms with Gasteiger partial charge in [0, 0.05) is 37.8 Å². The van der Waals surface area contributed by atoms with E-state index < -0.39 is 11.7 Å². The zero-order valence-electron chi connectivity index (χ0n) is 12.5. The number of nitrogens with zero attached hydrogens (tertiary/aromatic N) is 2. The molecule has 0 spiro atoms. The lowest BCUT2D eigenvalue weighted by molar-refractivity contribution is -0.137. The van der Waals surface area contributed by atoms with Crippen molar-refractivity contribution in [2.24, 2.45) is 0 Å². The molecule has 126 valence electrons. The fraction of sp³-hybridized carbons (Fsp3) is 0.188. The van der Waals surface area contributed by atoms with E-state index in [1.54, 1.807) is 24.5 Å². The van der Waals surface area contributed by atoms with E-state index in [2.05, 4.69) is 20.6 Å². The maximum atomic E-state index is 12.4. The minimum Gasteiger partial charge on any atom is -0.368 e. The number of hydrogen-bond donors (Lipinski definition) is 2. The van der Waals surface area contributed by atoms with Crippen LogP contribution in [0.25, 0.3) is 6.08 Å². The van der Waals surface area contributed by atoms with Gasteiger partial charge in [0.15, 0.2) is 0 Å². The topological polar surface area (TPSA) is 66.9 Å². The van der Waals surface area contributed by atoms with Crippen LogP contribution in [0.5, 0.6) is 0 Å². The van der Waals surface area contributed by atoms with Gasteiger partial charge in [-0.15, -0.1) is 0 Å². The smallest absolute Gasteiger partial charge is 0.368 e. The van der Waals surface area contributed by atoms with E-state index in [9.17, 15) is 18.0 Å². The molecule has 0 saturated carbocycles. The predicted octanol–water partition coefficient (Wildman–Crippen LogP) is 2.74. The molecular weight excluding hydrogens is 321 g/mol. The first kappa shape index (κ1) is 17.5. The Balaban J connectivity index is 1.71. The van der Waals surface area contributed by atoms with Crippen molar-refractivity contribution in [3.8, 4) is 0 Å². The second-order valence-corrected chi connectivity index (χ2v) is 4.77. The molecule has 0 aliphatic heterocycles. The third-order valence-corrected chi connectivity index (χ3v) is 2.93. The molecule has 0 fully saturated rings. The van der Waals surface area contributed by atoms with Crippen LogP contribution in [0.1, 0.15) is 11.1 Å². The van der Waals surface area contributed by atoms with Crippen LogP contribution in [0, 0.1) is 0 Å². The van der Waals surface area contributed by atoms with E-state index in [0.717, 1.165) is 17.8 Å². The Morgan fingerprint density at radius 1 is 1.17 bits per heavy atom. The molecule has 0 unspecified atom stereocenters. The first-order chi connectivity index (χ1) is 11.4. The summed E-state index contributed by atoms with van der Waals surface area (Å²) in [4.78, 5) is 19.2. The van der Waals surface area contributed by atoms with Crippen molar-refractivity contribution in [3.63, 3.8) is 0 Å². The summed E-state index contributed by atoms with van der Waals surface area (Å²) in [5.41, 5.74) is 0.00150. The number of hydrogen-bond acceptors (Lipinski definition) is 4. The van der Waals surface area contributed by atoms with Crippen molar-refractivity contribution in [1.82, 2.24) is 15.3 Å². The molecule has 0 radical (unpaired) electrons. The highest BCUT2D eigenvalue weighted by Crippen LogP contribution is 2.28. The first-order valence-electron chi connectivity index (χ1n) is 7.08. The molecule has 0 atom stereocenters. The molecule has 2 heterocycles. The number of alkyl halides is 3. The minimum absolute atomic E-state index is 0.277. The summed E-state index contributed by atoms with van der Waals surface area (Å²) in [6.45, 7) is 0.643. The van der Waals surface area contributed by atoms with E-state index in [4.69, 9.17) is 0 Å². The fourth-order valence-corrected chi connectivity index (χ4v) is 1.75. The number of anilines is 1. The van der Waals surface area contributed by atoms with Crippen molar-refractivity contribution in [1.29, 1.82) is 0 Å². The second kappa shape index (κ2) is 8.09. The van der Waals surface area contributed by atoms with Gasteiger partial charge >= 0.3 is 6.18 Å². The molecule has 5 nitrogen and oxygen atoms in total. The molecule has 0 aliphatic carbocycles. The summed E-state index contributed by atoms with van der Waals surface area (Å²) in [6.07, 6.45) is 2.64. The van der Waals surface area contributed by atoms with E-state index in [0.29, 0.717) is 18.9 Å². The highest BCUT2D eigenvalue weighted by Gasteiger charge is 2.30. The zero-order valence-corrected chi connectivity index (χ0v) is 12.5. The van der Waals surface area contributed by atoms with Crippen molar-refractivity contribution < 1.29 is 18.0 Å². The van der Waals surface area contributed by atoms with Crippen molar-refractivity contribution in [2.75, 3.05) is 18.4 Å². The minimum atomic E-state index is -4.40. The zero-order chi connectivity index (χ0) is 17.4. The highest BCUT2D eigenvalue weighted by molar-refractivity contribution is 5.91. The van der Waals surface area contributed by atoms with Crippen LogP contribution in [0.3, 0.4) is 0 Å².